The largest absolute Gasteiger partial charge is 0.454 e. The summed E-state index contributed by atoms with van der Waals surface area (Å²) in [4.78, 5) is 30.6. The lowest BCUT2D eigenvalue weighted by molar-refractivity contribution is -0.385. The van der Waals surface area contributed by atoms with Crippen LogP contribution >= 0.6 is 0 Å². The molecule has 2 aromatic heterocycles. The number of non-ortho nitro benzene ring substituents is 1. The van der Waals surface area contributed by atoms with Crippen molar-refractivity contribution in [2.45, 2.75) is 0 Å². The fourth-order valence-electron chi connectivity index (χ4n) is 3.38. The molecule has 158 valence electrons. The maximum absolute atomic E-state index is 11.5. The summed E-state index contributed by atoms with van der Waals surface area (Å²) in [5.41, 5.74) is 1.72. The second kappa shape index (κ2) is 7.47. The van der Waals surface area contributed by atoms with E-state index in [9.17, 15) is 20.2 Å². The van der Waals surface area contributed by atoms with Gasteiger partial charge in [-0.25, -0.2) is 9.98 Å². The molecule has 3 heterocycles. The number of hydrogen-bond donors (Lipinski definition) is 0. The highest BCUT2D eigenvalue weighted by Crippen LogP contribution is 2.38. The predicted molar refractivity (Wildman–Crippen MR) is 114 cm³/mol. The molecule has 11 nitrogen and oxygen atoms in total. The van der Waals surface area contributed by atoms with Gasteiger partial charge in [0, 0.05) is 30.1 Å². The first-order valence-corrected chi connectivity index (χ1v) is 9.35. The number of nitro benzene ring substituents is 2. The van der Waals surface area contributed by atoms with Crippen molar-refractivity contribution >= 4 is 29.1 Å². The van der Waals surface area contributed by atoms with Gasteiger partial charge in [-0.1, -0.05) is 6.07 Å². The van der Waals surface area contributed by atoms with E-state index in [0.29, 0.717) is 34.2 Å². The minimum absolute atomic E-state index is 0.00929. The molecule has 5 rings (SSSR count). The first-order valence-electron chi connectivity index (χ1n) is 9.35. The van der Waals surface area contributed by atoms with Crippen LogP contribution < -0.4 is 9.47 Å². The van der Waals surface area contributed by atoms with E-state index in [1.807, 2.05) is 6.07 Å². The SMILES string of the molecule is O=[N+]([O-])c1ccc(-c2nc3ccccn3c2N=Cc2cc3c(cc2[N+](=O)[O-])OCO3)cc1. The molecule has 11 heteroatoms. The average Bonchev–Trinajstić information content (AvgIpc) is 3.41. The Morgan fingerprint density at radius 1 is 1.00 bits per heavy atom. The van der Waals surface area contributed by atoms with Crippen LogP contribution in [0.4, 0.5) is 17.2 Å². The van der Waals surface area contributed by atoms with Crippen LogP contribution in [-0.2, 0) is 0 Å². The van der Waals surface area contributed by atoms with Crippen LogP contribution in [-0.4, -0.2) is 32.2 Å². The van der Waals surface area contributed by atoms with Gasteiger partial charge in [0.2, 0.25) is 6.79 Å². The molecule has 1 aliphatic heterocycles. The summed E-state index contributed by atoms with van der Waals surface area (Å²) >= 11 is 0. The first-order chi connectivity index (χ1) is 15.5. The Bertz CT molecular complexity index is 1410. The molecule has 0 amide bonds. The van der Waals surface area contributed by atoms with E-state index < -0.39 is 9.85 Å². The Morgan fingerprint density at radius 3 is 2.47 bits per heavy atom. The molecule has 0 unspecified atom stereocenters. The number of nitrogens with zero attached hydrogens (tertiary/aromatic N) is 5. The number of aromatic nitrogens is 2. The van der Waals surface area contributed by atoms with Crippen LogP contribution in [0.2, 0.25) is 0 Å². The van der Waals surface area contributed by atoms with Gasteiger partial charge in [-0.05, 0) is 30.3 Å². The Labute approximate surface area is 179 Å². The number of ether oxygens (including phenoxy) is 2. The molecular formula is C21H13N5O6. The normalized spacial score (nSPS) is 12.5. The van der Waals surface area contributed by atoms with Gasteiger partial charge in [0.15, 0.2) is 17.3 Å². The first kappa shape index (κ1) is 19.2. The van der Waals surface area contributed by atoms with E-state index in [1.165, 1.54) is 30.5 Å². The maximum Gasteiger partial charge on any atom is 0.282 e. The maximum atomic E-state index is 11.5. The van der Waals surface area contributed by atoms with Crippen LogP contribution in [0, 0.1) is 20.2 Å². The Hall–Kier alpha value is -4.80. The van der Waals surface area contributed by atoms with Crippen molar-refractivity contribution in [3.05, 3.63) is 86.6 Å². The van der Waals surface area contributed by atoms with Crippen molar-refractivity contribution in [2.24, 2.45) is 4.99 Å². The smallest absolute Gasteiger partial charge is 0.282 e. The number of imidazole rings is 1. The van der Waals surface area contributed by atoms with E-state index in [-0.39, 0.29) is 23.7 Å². The summed E-state index contributed by atoms with van der Waals surface area (Å²) in [6.07, 6.45) is 3.13. The number of fused-ring (bicyclic) bond motifs is 2. The van der Waals surface area contributed by atoms with Gasteiger partial charge in [0.25, 0.3) is 11.4 Å². The van der Waals surface area contributed by atoms with Gasteiger partial charge < -0.3 is 9.47 Å². The number of nitro groups is 2. The molecule has 32 heavy (non-hydrogen) atoms. The summed E-state index contributed by atoms with van der Waals surface area (Å²) in [6, 6.07) is 14.1. The lowest BCUT2D eigenvalue weighted by Gasteiger charge is -2.02. The molecule has 0 fully saturated rings. The number of rotatable bonds is 5. The molecule has 0 saturated carbocycles. The molecule has 4 aromatic rings. The molecule has 0 spiro atoms. The van der Waals surface area contributed by atoms with Crippen molar-refractivity contribution in [1.29, 1.82) is 0 Å². The van der Waals surface area contributed by atoms with Crippen molar-refractivity contribution < 1.29 is 19.3 Å². The van der Waals surface area contributed by atoms with Crippen LogP contribution in [0.5, 0.6) is 11.5 Å². The number of pyridine rings is 1. The number of hydrogen-bond acceptors (Lipinski definition) is 8. The summed E-state index contributed by atoms with van der Waals surface area (Å²) in [6.45, 7) is -0.00929. The minimum Gasteiger partial charge on any atom is -0.454 e. The van der Waals surface area contributed by atoms with E-state index in [0.717, 1.165) is 0 Å². The van der Waals surface area contributed by atoms with E-state index >= 15 is 0 Å². The van der Waals surface area contributed by atoms with Gasteiger partial charge >= 0.3 is 0 Å². The zero-order chi connectivity index (χ0) is 22.2. The Balaban J connectivity index is 1.63. The Kier molecular flexibility index (Phi) is 4.48. The molecule has 0 N–H and O–H groups in total. The van der Waals surface area contributed by atoms with Crippen LogP contribution in [0.15, 0.2) is 65.8 Å². The van der Waals surface area contributed by atoms with E-state index in [2.05, 4.69) is 9.98 Å². The molecule has 0 aliphatic carbocycles. The number of benzene rings is 2. The van der Waals surface area contributed by atoms with Gasteiger partial charge in [-0.3, -0.25) is 24.6 Å². The van der Waals surface area contributed by atoms with Crippen molar-refractivity contribution in [1.82, 2.24) is 9.38 Å². The van der Waals surface area contributed by atoms with Crippen molar-refractivity contribution in [2.75, 3.05) is 6.79 Å². The third kappa shape index (κ3) is 3.27. The molecule has 2 aromatic carbocycles. The minimum atomic E-state index is -0.519. The molecule has 0 saturated heterocycles. The summed E-state index contributed by atoms with van der Waals surface area (Å²) in [7, 11) is 0. The van der Waals surface area contributed by atoms with E-state index in [1.54, 1.807) is 34.9 Å². The fraction of sp³-hybridized carbons (Fsp3) is 0.0476. The summed E-state index contributed by atoms with van der Waals surface area (Å²) in [5, 5.41) is 22.5. The summed E-state index contributed by atoms with van der Waals surface area (Å²) in [5.74, 6) is 1.11. The highest BCUT2D eigenvalue weighted by molar-refractivity contribution is 5.90. The van der Waals surface area contributed by atoms with Crippen LogP contribution in [0.3, 0.4) is 0 Å². The topological polar surface area (TPSA) is 134 Å². The predicted octanol–water partition coefficient (Wildman–Crippen LogP) is 4.30. The molecule has 0 atom stereocenters. The van der Waals surface area contributed by atoms with Crippen molar-refractivity contribution in [3.8, 4) is 22.8 Å². The average molecular weight is 431 g/mol. The third-order valence-electron chi connectivity index (χ3n) is 4.90. The quantitative estimate of drug-likeness (QED) is 0.261. The van der Waals surface area contributed by atoms with Crippen LogP contribution in [0.25, 0.3) is 16.9 Å². The molecule has 0 bridgehead atoms. The lowest BCUT2D eigenvalue weighted by Crippen LogP contribution is -1.95. The third-order valence-corrected chi connectivity index (χ3v) is 4.90. The molecular weight excluding hydrogens is 418 g/mol. The fourth-order valence-corrected chi connectivity index (χ4v) is 3.38. The van der Waals surface area contributed by atoms with Gasteiger partial charge in [-0.2, -0.15) is 0 Å². The second-order valence-electron chi connectivity index (χ2n) is 6.80. The zero-order valence-electron chi connectivity index (χ0n) is 16.2. The summed E-state index contributed by atoms with van der Waals surface area (Å²) < 4.78 is 12.3. The second-order valence-corrected chi connectivity index (χ2v) is 6.80. The van der Waals surface area contributed by atoms with Gasteiger partial charge in [0.1, 0.15) is 11.3 Å². The molecule has 0 radical (unpaired) electrons. The monoisotopic (exact) mass is 431 g/mol. The Morgan fingerprint density at radius 2 is 1.75 bits per heavy atom. The molecule has 1 aliphatic rings. The van der Waals surface area contributed by atoms with Crippen LogP contribution in [0.1, 0.15) is 5.56 Å². The van der Waals surface area contributed by atoms with Gasteiger partial charge in [-0.15, -0.1) is 0 Å². The lowest BCUT2D eigenvalue weighted by atomic mass is 10.1. The van der Waals surface area contributed by atoms with E-state index in [4.69, 9.17) is 9.47 Å². The van der Waals surface area contributed by atoms with Gasteiger partial charge in [0.05, 0.1) is 21.5 Å². The standard InChI is InChI=1S/C21H13N5O6/c27-25(28)15-6-4-13(5-7-15)20-21(24-8-2-1-3-19(24)23-20)22-11-14-9-17-18(32-12-31-17)10-16(14)26(29)30/h1-11H,12H2. The van der Waals surface area contributed by atoms with Crippen molar-refractivity contribution in [3.63, 3.8) is 0 Å². The highest BCUT2D eigenvalue weighted by Gasteiger charge is 2.23. The zero-order valence-corrected chi connectivity index (χ0v) is 16.2. The highest BCUT2D eigenvalue weighted by atomic mass is 16.7. The number of aliphatic imine (C=N–C) groups is 1.